The molecule has 1 saturated heterocycles. The normalized spacial score (nSPS) is 20.7. The van der Waals surface area contributed by atoms with E-state index in [1.165, 1.54) is 9.18 Å². The van der Waals surface area contributed by atoms with Gasteiger partial charge in [-0.05, 0) is 63.5 Å². The highest BCUT2D eigenvalue weighted by molar-refractivity contribution is 7.89. The van der Waals surface area contributed by atoms with Crippen LogP contribution in [0.4, 0.5) is 5.13 Å². The van der Waals surface area contributed by atoms with Crippen molar-refractivity contribution in [3.05, 3.63) is 39.9 Å². The fourth-order valence-corrected chi connectivity index (χ4v) is 7.24. The van der Waals surface area contributed by atoms with Crippen LogP contribution in [0.1, 0.15) is 47.9 Å². The summed E-state index contributed by atoms with van der Waals surface area (Å²) in [6, 6.07) is 5.40. The predicted octanol–water partition coefficient (Wildman–Crippen LogP) is 3.92. The van der Waals surface area contributed by atoms with Crippen LogP contribution < -0.4 is 5.32 Å². The van der Waals surface area contributed by atoms with Crippen LogP contribution >= 0.6 is 11.3 Å². The number of benzene rings is 1. The number of piperidine rings is 1. The maximum absolute atomic E-state index is 13.0. The van der Waals surface area contributed by atoms with Gasteiger partial charge in [0.1, 0.15) is 0 Å². The van der Waals surface area contributed by atoms with Crippen molar-refractivity contribution < 1.29 is 13.2 Å². The third-order valence-corrected chi connectivity index (χ3v) is 9.28. The van der Waals surface area contributed by atoms with Crippen molar-refractivity contribution in [3.63, 3.8) is 0 Å². The highest BCUT2D eigenvalue weighted by Gasteiger charge is 2.33. The maximum atomic E-state index is 13.0. The molecule has 1 aliphatic heterocycles. The van der Waals surface area contributed by atoms with E-state index >= 15 is 0 Å². The second-order valence-corrected chi connectivity index (χ2v) is 11.7. The zero-order chi connectivity index (χ0) is 21.5. The summed E-state index contributed by atoms with van der Waals surface area (Å²) >= 11 is 1.59. The Morgan fingerprint density at radius 3 is 2.63 bits per heavy atom. The zero-order valence-electron chi connectivity index (χ0n) is 17.8. The number of carbonyl (C=O) groups excluding carboxylic acids is 1. The van der Waals surface area contributed by atoms with E-state index in [0.29, 0.717) is 41.9 Å². The van der Waals surface area contributed by atoms with E-state index in [1.807, 2.05) is 26.0 Å². The van der Waals surface area contributed by atoms with E-state index in [9.17, 15) is 13.2 Å². The molecular formula is C22H29N3O3S2. The Balaban J connectivity index is 1.38. The summed E-state index contributed by atoms with van der Waals surface area (Å²) < 4.78 is 27.6. The molecule has 30 heavy (non-hydrogen) atoms. The van der Waals surface area contributed by atoms with Crippen LogP contribution in [0.3, 0.4) is 0 Å². The van der Waals surface area contributed by atoms with Crippen LogP contribution in [0, 0.1) is 25.7 Å². The molecule has 1 fully saturated rings. The highest BCUT2D eigenvalue weighted by atomic mass is 32.2. The minimum atomic E-state index is -3.53. The quantitative estimate of drug-likeness (QED) is 0.770. The first-order valence-electron chi connectivity index (χ1n) is 10.6. The third kappa shape index (κ3) is 4.31. The van der Waals surface area contributed by atoms with Crippen molar-refractivity contribution in [1.82, 2.24) is 9.29 Å². The first-order valence-corrected chi connectivity index (χ1v) is 12.9. The topological polar surface area (TPSA) is 79.4 Å². The summed E-state index contributed by atoms with van der Waals surface area (Å²) in [4.78, 5) is 19.0. The number of carbonyl (C=O) groups is 1. The van der Waals surface area contributed by atoms with Gasteiger partial charge in [-0.15, -0.1) is 11.3 Å². The number of rotatable bonds is 4. The monoisotopic (exact) mass is 447 g/mol. The molecule has 2 aliphatic rings. The average Bonchev–Trinajstić information content (AvgIpc) is 3.09. The minimum Gasteiger partial charge on any atom is -0.302 e. The van der Waals surface area contributed by atoms with Gasteiger partial charge in [-0.1, -0.05) is 24.6 Å². The minimum absolute atomic E-state index is 0.0438. The van der Waals surface area contributed by atoms with Gasteiger partial charge in [0.2, 0.25) is 15.9 Å². The molecule has 2 heterocycles. The lowest BCUT2D eigenvalue weighted by atomic mass is 9.93. The van der Waals surface area contributed by atoms with Crippen LogP contribution in [-0.4, -0.2) is 36.7 Å². The lowest BCUT2D eigenvalue weighted by Crippen LogP contribution is -2.41. The summed E-state index contributed by atoms with van der Waals surface area (Å²) in [7, 11) is -3.53. The molecule has 1 aromatic heterocycles. The molecule has 0 saturated carbocycles. The number of sulfonamides is 1. The molecule has 1 unspecified atom stereocenters. The molecule has 1 N–H and O–H groups in total. The lowest BCUT2D eigenvalue weighted by Gasteiger charge is -2.30. The molecular weight excluding hydrogens is 418 g/mol. The van der Waals surface area contributed by atoms with Gasteiger partial charge in [0.05, 0.1) is 10.6 Å². The largest absolute Gasteiger partial charge is 0.302 e. The fourth-order valence-electron chi connectivity index (χ4n) is 4.39. The molecule has 4 rings (SSSR count). The number of aromatic nitrogens is 1. The van der Waals surface area contributed by atoms with Crippen molar-refractivity contribution >= 4 is 32.4 Å². The van der Waals surface area contributed by atoms with Crippen molar-refractivity contribution in [3.8, 4) is 0 Å². The van der Waals surface area contributed by atoms with E-state index in [-0.39, 0.29) is 11.8 Å². The lowest BCUT2D eigenvalue weighted by molar-refractivity contribution is -0.120. The fraction of sp³-hybridized carbons (Fsp3) is 0.545. The molecule has 1 amide bonds. The standard InChI is InChI=1S/C22H29N3O3S2/c1-14-5-7-20(16(3)12-14)30(27,28)25-10-8-17(9-11-25)21(26)24-22-23-18-6-4-15(2)13-19(18)29-22/h5,7,12,15,17H,4,6,8-11,13H2,1-3H3,(H,23,24,26). The predicted molar refractivity (Wildman–Crippen MR) is 119 cm³/mol. The summed E-state index contributed by atoms with van der Waals surface area (Å²) in [6.07, 6.45) is 4.22. The first kappa shape index (κ1) is 21.5. The van der Waals surface area contributed by atoms with E-state index in [4.69, 9.17) is 0 Å². The molecule has 0 spiro atoms. The molecule has 6 nitrogen and oxygen atoms in total. The summed E-state index contributed by atoms with van der Waals surface area (Å²) in [5, 5.41) is 3.67. The second kappa shape index (κ2) is 8.40. The van der Waals surface area contributed by atoms with Gasteiger partial charge in [0.25, 0.3) is 0 Å². The van der Waals surface area contributed by atoms with Gasteiger partial charge in [-0.25, -0.2) is 13.4 Å². The number of aryl methyl sites for hydroxylation is 3. The van der Waals surface area contributed by atoms with E-state index in [1.54, 1.807) is 17.4 Å². The number of amides is 1. The molecule has 1 aromatic carbocycles. The number of thiazole rings is 1. The van der Waals surface area contributed by atoms with Crippen LogP contribution in [0.5, 0.6) is 0 Å². The Hall–Kier alpha value is -1.77. The van der Waals surface area contributed by atoms with Crippen molar-refractivity contribution in [2.24, 2.45) is 11.8 Å². The van der Waals surface area contributed by atoms with Crippen LogP contribution in [0.2, 0.25) is 0 Å². The van der Waals surface area contributed by atoms with Gasteiger partial charge in [-0.2, -0.15) is 4.31 Å². The number of nitrogens with zero attached hydrogens (tertiary/aromatic N) is 2. The SMILES string of the molecule is Cc1ccc(S(=O)(=O)N2CCC(C(=O)Nc3nc4c(s3)CC(C)CC4)CC2)c(C)c1. The molecule has 1 aliphatic carbocycles. The Morgan fingerprint density at radius 2 is 1.93 bits per heavy atom. The number of fused-ring (bicyclic) bond motifs is 1. The van der Waals surface area contributed by atoms with E-state index in [0.717, 1.165) is 36.1 Å². The Kier molecular flexibility index (Phi) is 6.01. The van der Waals surface area contributed by atoms with E-state index < -0.39 is 10.0 Å². The first-order chi connectivity index (χ1) is 14.2. The van der Waals surface area contributed by atoms with Crippen molar-refractivity contribution in [2.75, 3.05) is 18.4 Å². The Labute approximate surface area is 182 Å². The maximum Gasteiger partial charge on any atom is 0.243 e. The van der Waals surface area contributed by atoms with Gasteiger partial charge < -0.3 is 5.32 Å². The number of anilines is 1. The summed E-state index contributed by atoms with van der Waals surface area (Å²) in [5.74, 6) is 0.443. The number of hydrogen-bond acceptors (Lipinski definition) is 5. The second-order valence-electron chi connectivity index (χ2n) is 8.67. The Morgan fingerprint density at radius 1 is 1.20 bits per heavy atom. The van der Waals surface area contributed by atoms with Gasteiger partial charge in [0, 0.05) is 23.9 Å². The summed E-state index contributed by atoms with van der Waals surface area (Å²) in [6.45, 7) is 6.75. The molecule has 0 radical (unpaired) electrons. The smallest absolute Gasteiger partial charge is 0.243 e. The number of hydrogen-bond donors (Lipinski definition) is 1. The van der Waals surface area contributed by atoms with Crippen LogP contribution in [0.25, 0.3) is 0 Å². The molecule has 162 valence electrons. The van der Waals surface area contributed by atoms with E-state index in [2.05, 4.69) is 17.2 Å². The van der Waals surface area contributed by atoms with Gasteiger partial charge >= 0.3 is 0 Å². The average molecular weight is 448 g/mol. The van der Waals surface area contributed by atoms with Crippen molar-refractivity contribution in [1.29, 1.82) is 0 Å². The third-order valence-electron chi connectivity index (χ3n) is 6.19. The molecule has 8 heteroatoms. The van der Waals surface area contributed by atoms with Gasteiger partial charge in [0.15, 0.2) is 5.13 Å². The molecule has 1 atom stereocenters. The Bertz CT molecular complexity index is 1050. The molecule has 0 bridgehead atoms. The molecule has 2 aromatic rings. The number of nitrogens with one attached hydrogen (secondary N) is 1. The van der Waals surface area contributed by atoms with Gasteiger partial charge in [-0.3, -0.25) is 4.79 Å². The zero-order valence-corrected chi connectivity index (χ0v) is 19.4. The van der Waals surface area contributed by atoms with Crippen molar-refractivity contribution in [2.45, 2.75) is 57.8 Å². The van der Waals surface area contributed by atoms with Crippen LogP contribution in [0.15, 0.2) is 23.1 Å². The van der Waals surface area contributed by atoms with Crippen LogP contribution in [-0.2, 0) is 27.7 Å². The summed E-state index contributed by atoms with van der Waals surface area (Å²) in [5.41, 5.74) is 2.93. The highest BCUT2D eigenvalue weighted by Crippen LogP contribution is 2.33.